The van der Waals surface area contributed by atoms with Crippen molar-refractivity contribution in [1.82, 2.24) is 10.6 Å². The number of halogens is 1. The van der Waals surface area contributed by atoms with E-state index in [-0.39, 0.29) is 0 Å². The molecule has 0 bridgehead atoms. The standard InChI is InChI=1S/C15H16ClN3O3/c1-2-3-4-7-19-11-6-5-9(16)8-10(11)15(13(19)21)12(20)17-14(22)18-15/h5-6,8H,2-4,7H2,1H3,(H2,17,18,20,22). The molecule has 1 saturated heterocycles. The average molecular weight is 322 g/mol. The molecule has 3 rings (SSSR count). The van der Waals surface area contributed by atoms with Crippen LogP contribution in [-0.4, -0.2) is 24.4 Å². The average Bonchev–Trinajstić information content (AvgIpc) is 2.89. The summed E-state index contributed by atoms with van der Waals surface area (Å²) in [6.45, 7) is 2.58. The highest BCUT2D eigenvalue weighted by Crippen LogP contribution is 2.43. The van der Waals surface area contributed by atoms with Gasteiger partial charge in [-0.25, -0.2) is 4.79 Å². The van der Waals surface area contributed by atoms with Crippen LogP contribution in [0.4, 0.5) is 10.5 Å². The van der Waals surface area contributed by atoms with Crippen molar-refractivity contribution in [2.45, 2.75) is 31.7 Å². The van der Waals surface area contributed by atoms with Crippen LogP contribution in [0.15, 0.2) is 18.2 Å². The highest BCUT2D eigenvalue weighted by atomic mass is 35.5. The lowest BCUT2D eigenvalue weighted by Crippen LogP contribution is -2.52. The summed E-state index contributed by atoms with van der Waals surface area (Å²) in [4.78, 5) is 38.3. The SMILES string of the molecule is CCCCCN1C(=O)C2(NC(=O)NC2=O)c2cc(Cl)ccc21. The Hall–Kier alpha value is -2.08. The minimum atomic E-state index is -1.68. The first-order valence-electron chi connectivity index (χ1n) is 7.26. The van der Waals surface area contributed by atoms with Gasteiger partial charge in [0.25, 0.3) is 11.8 Å². The molecule has 0 radical (unpaired) electrons. The topological polar surface area (TPSA) is 78.5 Å². The van der Waals surface area contributed by atoms with Gasteiger partial charge in [0.2, 0.25) is 5.54 Å². The highest BCUT2D eigenvalue weighted by molar-refractivity contribution is 6.32. The molecule has 2 aliphatic rings. The van der Waals surface area contributed by atoms with Crippen LogP contribution < -0.4 is 15.5 Å². The quantitative estimate of drug-likeness (QED) is 0.505. The van der Waals surface area contributed by atoms with E-state index in [1.807, 2.05) is 0 Å². The van der Waals surface area contributed by atoms with Gasteiger partial charge in [-0.15, -0.1) is 0 Å². The van der Waals surface area contributed by atoms with Crippen molar-refractivity contribution in [1.29, 1.82) is 0 Å². The number of hydrogen-bond acceptors (Lipinski definition) is 3. The van der Waals surface area contributed by atoms with E-state index in [1.165, 1.54) is 0 Å². The lowest BCUT2D eigenvalue weighted by Gasteiger charge is -2.21. The first kappa shape index (κ1) is 14.8. The fourth-order valence-corrected chi connectivity index (χ4v) is 3.18. The second-order valence-electron chi connectivity index (χ2n) is 5.48. The van der Waals surface area contributed by atoms with E-state index in [1.54, 1.807) is 23.1 Å². The van der Waals surface area contributed by atoms with Crippen molar-refractivity contribution < 1.29 is 14.4 Å². The monoisotopic (exact) mass is 321 g/mol. The Bertz CT molecular complexity index is 676. The van der Waals surface area contributed by atoms with Gasteiger partial charge in [-0.3, -0.25) is 14.9 Å². The van der Waals surface area contributed by atoms with Crippen LogP contribution in [-0.2, 0) is 15.1 Å². The molecule has 1 aromatic carbocycles. The third-order valence-corrected chi connectivity index (χ3v) is 4.31. The molecule has 116 valence electrons. The van der Waals surface area contributed by atoms with Gasteiger partial charge in [-0.2, -0.15) is 0 Å². The van der Waals surface area contributed by atoms with E-state index in [9.17, 15) is 14.4 Å². The molecule has 1 spiro atoms. The van der Waals surface area contributed by atoms with Crippen molar-refractivity contribution in [3.8, 4) is 0 Å². The zero-order valence-corrected chi connectivity index (χ0v) is 12.9. The largest absolute Gasteiger partial charge is 0.323 e. The van der Waals surface area contributed by atoms with Crippen molar-refractivity contribution in [3.05, 3.63) is 28.8 Å². The molecule has 4 amide bonds. The number of carbonyl (C=O) groups is 3. The molecule has 1 fully saturated rings. The first-order chi connectivity index (χ1) is 10.5. The Morgan fingerprint density at radius 1 is 1.23 bits per heavy atom. The van der Waals surface area contributed by atoms with Gasteiger partial charge < -0.3 is 10.2 Å². The maximum atomic E-state index is 12.9. The van der Waals surface area contributed by atoms with Gasteiger partial charge >= 0.3 is 6.03 Å². The lowest BCUT2D eigenvalue weighted by atomic mass is 9.91. The summed E-state index contributed by atoms with van der Waals surface area (Å²) in [5.41, 5.74) is -0.614. The Labute approximate surface area is 132 Å². The molecular weight excluding hydrogens is 306 g/mol. The number of fused-ring (bicyclic) bond motifs is 2. The summed E-state index contributed by atoms with van der Waals surface area (Å²) in [6, 6.07) is 4.29. The zero-order valence-electron chi connectivity index (χ0n) is 12.1. The van der Waals surface area contributed by atoms with Crippen LogP contribution in [0.5, 0.6) is 0 Å². The van der Waals surface area contributed by atoms with Crippen LogP contribution in [0.2, 0.25) is 5.02 Å². The molecule has 22 heavy (non-hydrogen) atoms. The third-order valence-electron chi connectivity index (χ3n) is 4.07. The molecule has 0 aromatic heterocycles. The number of carbonyl (C=O) groups excluding carboxylic acids is 3. The van der Waals surface area contributed by atoms with Crippen LogP contribution in [0.3, 0.4) is 0 Å². The normalized spacial score (nSPS) is 23.0. The fraction of sp³-hybridized carbons (Fsp3) is 0.400. The molecule has 0 aliphatic carbocycles. The summed E-state index contributed by atoms with van der Waals surface area (Å²) in [7, 11) is 0. The van der Waals surface area contributed by atoms with E-state index in [0.717, 1.165) is 19.3 Å². The number of imide groups is 1. The highest BCUT2D eigenvalue weighted by Gasteiger charge is 2.61. The van der Waals surface area contributed by atoms with Crippen LogP contribution in [0.25, 0.3) is 0 Å². The number of rotatable bonds is 4. The maximum absolute atomic E-state index is 12.9. The molecule has 7 heteroatoms. The first-order valence-corrected chi connectivity index (χ1v) is 7.64. The van der Waals surface area contributed by atoms with Crippen molar-refractivity contribution in [2.75, 3.05) is 11.4 Å². The molecule has 2 heterocycles. The van der Waals surface area contributed by atoms with E-state index in [4.69, 9.17) is 11.6 Å². The van der Waals surface area contributed by atoms with E-state index in [2.05, 4.69) is 17.6 Å². The molecular formula is C15H16ClN3O3. The fourth-order valence-electron chi connectivity index (χ4n) is 3.01. The molecule has 0 saturated carbocycles. The van der Waals surface area contributed by atoms with Gasteiger partial charge in [0.05, 0.1) is 5.69 Å². The zero-order chi connectivity index (χ0) is 15.9. The van der Waals surface area contributed by atoms with E-state index < -0.39 is 23.4 Å². The van der Waals surface area contributed by atoms with Crippen LogP contribution in [0, 0.1) is 0 Å². The number of nitrogens with one attached hydrogen (secondary N) is 2. The minimum absolute atomic E-state index is 0.412. The summed E-state index contributed by atoms with van der Waals surface area (Å²) in [5.74, 6) is -1.08. The van der Waals surface area contributed by atoms with E-state index in [0.29, 0.717) is 22.8 Å². The van der Waals surface area contributed by atoms with Gasteiger partial charge in [0.15, 0.2) is 0 Å². The van der Waals surface area contributed by atoms with Crippen molar-refractivity contribution in [2.24, 2.45) is 0 Å². The number of benzene rings is 1. The molecule has 1 atom stereocenters. The molecule has 2 aliphatic heterocycles. The Kier molecular flexibility index (Phi) is 3.56. The van der Waals surface area contributed by atoms with Gasteiger partial charge in [0.1, 0.15) is 0 Å². The van der Waals surface area contributed by atoms with Gasteiger partial charge in [-0.1, -0.05) is 31.4 Å². The van der Waals surface area contributed by atoms with Gasteiger partial charge in [0, 0.05) is 17.1 Å². The number of nitrogens with zero attached hydrogens (tertiary/aromatic N) is 1. The summed E-state index contributed by atoms with van der Waals surface area (Å²) in [5, 5.41) is 5.04. The van der Waals surface area contributed by atoms with Crippen LogP contribution in [0.1, 0.15) is 31.7 Å². The van der Waals surface area contributed by atoms with Crippen molar-refractivity contribution in [3.63, 3.8) is 0 Å². The third kappa shape index (κ3) is 1.98. The smallest absolute Gasteiger partial charge is 0.312 e. The molecule has 6 nitrogen and oxygen atoms in total. The second-order valence-corrected chi connectivity index (χ2v) is 5.92. The van der Waals surface area contributed by atoms with Gasteiger partial charge in [-0.05, 0) is 24.6 Å². The summed E-state index contributed by atoms with van der Waals surface area (Å²) < 4.78 is 0. The number of unbranched alkanes of at least 4 members (excludes halogenated alkanes) is 2. The van der Waals surface area contributed by atoms with Crippen LogP contribution >= 0.6 is 11.6 Å². The lowest BCUT2D eigenvalue weighted by molar-refractivity contribution is -0.133. The Morgan fingerprint density at radius 3 is 2.64 bits per heavy atom. The summed E-state index contributed by atoms with van der Waals surface area (Å²) >= 11 is 6.02. The predicted molar refractivity (Wildman–Crippen MR) is 81.7 cm³/mol. The predicted octanol–water partition coefficient (Wildman–Crippen LogP) is 1.91. The van der Waals surface area contributed by atoms with Crippen molar-refractivity contribution >= 4 is 35.1 Å². The van der Waals surface area contributed by atoms with E-state index >= 15 is 0 Å². The Balaban J connectivity index is 2.07. The number of anilines is 1. The number of hydrogen-bond donors (Lipinski definition) is 2. The molecule has 2 N–H and O–H groups in total. The Morgan fingerprint density at radius 2 is 2.00 bits per heavy atom. The molecule has 1 aromatic rings. The number of urea groups is 1. The second kappa shape index (κ2) is 5.28. The summed E-state index contributed by atoms with van der Waals surface area (Å²) in [6.07, 6.45) is 2.84. The maximum Gasteiger partial charge on any atom is 0.323 e. The molecule has 1 unspecified atom stereocenters. The number of amides is 4. The minimum Gasteiger partial charge on any atom is -0.312 e.